The summed E-state index contributed by atoms with van der Waals surface area (Å²) in [4.78, 5) is 11.3. The molecule has 15 heavy (non-hydrogen) atoms. The molecule has 1 aliphatic carbocycles. The third-order valence-corrected chi connectivity index (χ3v) is 2.99. The van der Waals surface area contributed by atoms with Crippen molar-refractivity contribution in [2.75, 3.05) is 13.2 Å². The van der Waals surface area contributed by atoms with Crippen LogP contribution in [0, 0.1) is 5.92 Å². The monoisotopic (exact) mass is 215 g/mol. The predicted octanol–water partition coefficient (Wildman–Crippen LogP) is 0.426. The smallest absolute Gasteiger partial charge is 0.220 e. The van der Waals surface area contributed by atoms with E-state index in [9.17, 15) is 9.90 Å². The van der Waals surface area contributed by atoms with E-state index in [1.165, 1.54) is 0 Å². The van der Waals surface area contributed by atoms with Crippen molar-refractivity contribution in [2.45, 2.75) is 44.6 Å². The summed E-state index contributed by atoms with van der Waals surface area (Å²) in [5, 5.41) is 20.9. The highest BCUT2D eigenvalue weighted by atomic mass is 16.3. The van der Waals surface area contributed by atoms with E-state index in [1.807, 2.05) is 0 Å². The predicted molar refractivity (Wildman–Crippen MR) is 57.3 cm³/mol. The molecule has 1 rings (SSSR count). The molecule has 2 atom stereocenters. The van der Waals surface area contributed by atoms with Crippen LogP contribution in [-0.2, 0) is 4.79 Å². The lowest BCUT2D eigenvalue weighted by molar-refractivity contribution is -0.121. The number of hydrogen-bond donors (Lipinski definition) is 3. The average Bonchev–Trinajstić information content (AvgIpc) is 2.61. The number of aliphatic hydroxyl groups is 2. The van der Waals surface area contributed by atoms with Crippen LogP contribution in [0.5, 0.6) is 0 Å². The second kappa shape index (κ2) is 6.80. The molecule has 0 heterocycles. The average molecular weight is 215 g/mol. The zero-order valence-electron chi connectivity index (χ0n) is 9.11. The van der Waals surface area contributed by atoms with Gasteiger partial charge in [0.15, 0.2) is 0 Å². The van der Waals surface area contributed by atoms with E-state index in [4.69, 9.17) is 5.11 Å². The van der Waals surface area contributed by atoms with Crippen LogP contribution in [0.15, 0.2) is 0 Å². The first-order chi connectivity index (χ1) is 7.24. The number of carbonyl (C=O) groups excluding carboxylic acids is 1. The molecule has 0 bridgehead atoms. The molecule has 1 saturated carbocycles. The Kier molecular flexibility index (Phi) is 5.65. The fourth-order valence-electron chi connectivity index (χ4n) is 1.99. The van der Waals surface area contributed by atoms with Gasteiger partial charge in [0, 0.05) is 25.5 Å². The van der Waals surface area contributed by atoms with E-state index < -0.39 is 0 Å². The largest absolute Gasteiger partial charge is 0.396 e. The lowest BCUT2D eigenvalue weighted by atomic mass is 10.1. The highest BCUT2D eigenvalue weighted by Gasteiger charge is 2.25. The van der Waals surface area contributed by atoms with Crippen LogP contribution in [0.25, 0.3) is 0 Å². The third-order valence-electron chi connectivity index (χ3n) is 2.99. The lowest BCUT2D eigenvalue weighted by Gasteiger charge is -2.14. The van der Waals surface area contributed by atoms with Crippen LogP contribution in [0.4, 0.5) is 0 Å². The van der Waals surface area contributed by atoms with Gasteiger partial charge in [0.05, 0.1) is 6.10 Å². The topological polar surface area (TPSA) is 69.6 Å². The molecular formula is C11H21NO3. The molecule has 2 unspecified atom stereocenters. The molecule has 1 fully saturated rings. The number of aliphatic hydroxyl groups excluding tert-OH is 2. The van der Waals surface area contributed by atoms with Crippen LogP contribution in [-0.4, -0.2) is 35.4 Å². The van der Waals surface area contributed by atoms with Gasteiger partial charge in [-0.15, -0.1) is 0 Å². The standard InChI is InChI=1S/C11H21NO3/c13-7-2-1-6-11(15)12-8-9-4-3-5-10(9)14/h9-10,13-14H,1-8H2,(H,12,15). The van der Waals surface area contributed by atoms with E-state index in [2.05, 4.69) is 5.32 Å². The molecular weight excluding hydrogens is 194 g/mol. The number of hydrogen-bond acceptors (Lipinski definition) is 3. The quantitative estimate of drug-likeness (QED) is 0.563. The van der Waals surface area contributed by atoms with Crippen molar-refractivity contribution in [1.29, 1.82) is 0 Å². The maximum atomic E-state index is 11.3. The molecule has 0 saturated heterocycles. The van der Waals surface area contributed by atoms with E-state index in [0.717, 1.165) is 25.7 Å². The minimum absolute atomic E-state index is 0.0301. The van der Waals surface area contributed by atoms with Crippen LogP contribution in [0.2, 0.25) is 0 Å². The Labute approximate surface area is 90.7 Å². The molecule has 3 N–H and O–H groups in total. The molecule has 0 aromatic rings. The molecule has 88 valence electrons. The number of amides is 1. The van der Waals surface area contributed by atoms with Crippen molar-refractivity contribution in [3.8, 4) is 0 Å². The summed E-state index contributed by atoms with van der Waals surface area (Å²) in [6.07, 6.45) is 4.59. The van der Waals surface area contributed by atoms with Gasteiger partial charge in [0.25, 0.3) is 0 Å². The molecule has 0 aliphatic heterocycles. The fraction of sp³-hybridized carbons (Fsp3) is 0.909. The molecule has 1 amide bonds. The minimum atomic E-state index is -0.234. The molecule has 1 aliphatic rings. The Morgan fingerprint density at radius 3 is 2.73 bits per heavy atom. The van der Waals surface area contributed by atoms with Crippen molar-refractivity contribution in [3.63, 3.8) is 0 Å². The summed E-state index contributed by atoms with van der Waals surface area (Å²) in [6, 6.07) is 0. The van der Waals surface area contributed by atoms with Crippen molar-refractivity contribution in [2.24, 2.45) is 5.92 Å². The summed E-state index contributed by atoms with van der Waals surface area (Å²) >= 11 is 0. The highest BCUT2D eigenvalue weighted by Crippen LogP contribution is 2.24. The summed E-state index contributed by atoms with van der Waals surface area (Å²) in [7, 11) is 0. The second-order valence-electron chi connectivity index (χ2n) is 4.24. The maximum absolute atomic E-state index is 11.3. The molecule has 0 aromatic carbocycles. The van der Waals surface area contributed by atoms with Crippen LogP contribution in [0.1, 0.15) is 38.5 Å². The van der Waals surface area contributed by atoms with E-state index in [-0.39, 0.29) is 24.5 Å². The Morgan fingerprint density at radius 1 is 1.33 bits per heavy atom. The zero-order chi connectivity index (χ0) is 11.1. The molecule has 0 spiro atoms. The third kappa shape index (κ3) is 4.62. The van der Waals surface area contributed by atoms with Gasteiger partial charge < -0.3 is 15.5 Å². The first kappa shape index (κ1) is 12.5. The maximum Gasteiger partial charge on any atom is 0.220 e. The Balaban J connectivity index is 2.05. The van der Waals surface area contributed by atoms with Crippen molar-refractivity contribution in [1.82, 2.24) is 5.32 Å². The van der Waals surface area contributed by atoms with Gasteiger partial charge in [-0.2, -0.15) is 0 Å². The summed E-state index contributed by atoms with van der Waals surface area (Å²) in [5.41, 5.74) is 0. The minimum Gasteiger partial charge on any atom is -0.396 e. The van der Waals surface area contributed by atoms with Gasteiger partial charge >= 0.3 is 0 Å². The van der Waals surface area contributed by atoms with Gasteiger partial charge in [-0.05, 0) is 25.7 Å². The van der Waals surface area contributed by atoms with Gasteiger partial charge in [-0.1, -0.05) is 6.42 Å². The van der Waals surface area contributed by atoms with Crippen LogP contribution < -0.4 is 5.32 Å². The normalized spacial score (nSPS) is 25.5. The van der Waals surface area contributed by atoms with Crippen molar-refractivity contribution < 1.29 is 15.0 Å². The van der Waals surface area contributed by atoms with E-state index in [0.29, 0.717) is 19.4 Å². The first-order valence-corrected chi connectivity index (χ1v) is 5.79. The second-order valence-corrected chi connectivity index (χ2v) is 4.24. The molecule has 0 radical (unpaired) electrons. The summed E-state index contributed by atoms with van der Waals surface area (Å²) < 4.78 is 0. The molecule has 4 heteroatoms. The Hall–Kier alpha value is -0.610. The van der Waals surface area contributed by atoms with E-state index in [1.54, 1.807) is 0 Å². The summed E-state index contributed by atoms with van der Waals surface area (Å²) in [6.45, 7) is 0.744. The Bertz CT molecular complexity index is 196. The highest BCUT2D eigenvalue weighted by molar-refractivity contribution is 5.75. The fourth-order valence-corrected chi connectivity index (χ4v) is 1.99. The first-order valence-electron chi connectivity index (χ1n) is 5.79. The van der Waals surface area contributed by atoms with Gasteiger partial charge in [0.1, 0.15) is 0 Å². The van der Waals surface area contributed by atoms with Crippen LogP contribution >= 0.6 is 0 Å². The number of unbranched alkanes of at least 4 members (excludes halogenated alkanes) is 1. The van der Waals surface area contributed by atoms with Gasteiger partial charge in [-0.3, -0.25) is 4.79 Å². The van der Waals surface area contributed by atoms with Crippen molar-refractivity contribution in [3.05, 3.63) is 0 Å². The van der Waals surface area contributed by atoms with E-state index >= 15 is 0 Å². The van der Waals surface area contributed by atoms with Crippen molar-refractivity contribution >= 4 is 5.91 Å². The lowest BCUT2D eigenvalue weighted by Crippen LogP contribution is -2.32. The number of nitrogens with one attached hydrogen (secondary N) is 1. The van der Waals surface area contributed by atoms with Gasteiger partial charge in [-0.25, -0.2) is 0 Å². The van der Waals surface area contributed by atoms with Gasteiger partial charge in [0.2, 0.25) is 5.91 Å². The zero-order valence-corrected chi connectivity index (χ0v) is 9.11. The van der Waals surface area contributed by atoms with Crippen LogP contribution in [0.3, 0.4) is 0 Å². The molecule has 0 aromatic heterocycles. The number of rotatable bonds is 6. The number of carbonyl (C=O) groups is 1. The molecule has 4 nitrogen and oxygen atoms in total. The Morgan fingerprint density at radius 2 is 2.13 bits per heavy atom. The summed E-state index contributed by atoms with van der Waals surface area (Å²) in [5.74, 6) is 0.273. The SMILES string of the molecule is O=C(CCCCO)NCC1CCCC1O.